The molecule has 0 fully saturated rings. The van der Waals surface area contributed by atoms with Gasteiger partial charge in [-0.15, -0.1) is 0 Å². The third kappa shape index (κ3) is 4.09. The maximum Gasteiger partial charge on any atom is 0.326 e. The van der Waals surface area contributed by atoms with Crippen LogP contribution in [0.5, 0.6) is 5.75 Å². The predicted molar refractivity (Wildman–Crippen MR) is 81.9 cm³/mol. The van der Waals surface area contributed by atoms with Gasteiger partial charge in [0.25, 0.3) is 5.91 Å². The third-order valence-corrected chi connectivity index (χ3v) is 3.29. The molecule has 0 heterocycles. The number of rotatable bonds is 5. The number of nitrogens with one attached hydrogen (secondary N) is 1. The molecule has 0 radical (unpaired) electrons. The highest BCUT2D eigenvalue weighted by Gasteiger charge is 2.21. The monoisotopic (exact) mass is 299 g/mol. The van der Waals surface area contributed by atoms with Crippen LogP contribution >= 0.6 is 0 Å². The van der Waals surface area contributed by atoms with Crippen LogP contribution in [0.1, 0.15) is 21.5 Å². The van der Waals surface area contributed by atoms with E-state index in [1.54, 1.807) is 36.4 Å². The number of hydrogen-bond acceptors (Lipinski definition) is 3. The zero-order valence-corrected chi connectivity index (χ0v) is 12.1. The van der Waals surface area contributed by atoms with Gasteiger partial charge < -0.3 is 15.5 Å². The summed E-state index contributed by atoms with van der Waals surface area (Å²) < 4.78 is 0. The maximum atomic E-state index is 12.1. The van der Waals surface area contributed by atoms with E-state index in [4.69, 9.17) is 0 Å². The van der Waals surface area contributed by atoms with E-state index >= 15 is 0 Å². The number of carboxylic acid groups (broad SMARTS) is 1. The number of phenols is 1. The summed E-state index contributed by atoms with van der Waals surface area (Å²) in [5.74, 6) is -1.42. The molecule has 1 unspecified atom stereocenters. The molecule has 114 valence electrons. The quantitative estimate of drug-likeness (QED) is 0.789. The third-order valence-electron chi connectivity index (χ3n) is 3.29. The highest BCUT2D eigenvalue weighted by molar-refractivity contribution is 5.96. The summed E-state index contributed by atoms with van der Waals surface area (Å²) in [7, 11) is 0. The van der Waals surface area contributed by atoms with Crippen LogP contribution in [-0.4, -0.2) is 28.1 Å². The second kappa shape index (κ2) is 6.76. The van der Waals surface area contributed by atoms with E-state index in [-0.39, 0.29) is 12.2 Å². The Balaban J connectivity index is 2.08. The topological polar surface area (TPSA) is 86.6 Å². The van der Waals surface area contributed by atoms with Crippen molar-refractivity contribution in [3.05, 3.63) is 65.2 Å². The van der Waals surface area contributed by atoms with Gasteiger partial charge in [0.2, 0.25) is 0 Å². The van der Waals surface area contributed by atoms with Crippen molar-refractivity contribution in [3.8, 4) is 5.75 Å². The minimum Gasteiger partial charge on any atom is -0.508 e. The lowest BCUT2D eigenvalue weighted by atomic mass is 10.0. The lowest BCUT2D eigenvalue weighted by molar-refractivity contribution is -0.139. The molecule has 2 rings (SSSR count). The fraction of sp³-hybridized carbons (Fsp3) is 0.176. The first-order valence-electron chi connectivity index (χ1n) is 6.84. The summed E-state index contributed by atoms with van der Waals surface area (Å²) in [5.41, 5.74) is 2.16. The van der Waals surface area contributed by atoms with E-state index in [0.29, 0.717) is 5.56 Å². The number of carbonyl (C=O) groups is 2. The summed E-state index contributed by atoms with van der Waals surface area (Å²) in [6.45, 7) is 1.91. The van der Waals surface area contributed by atoms with Crippen molar-refractivity contribution in [3.63, 3.8) is 0 Å². The number of carboxylic acids is 1. The molecule has 1 amide bonds. The zero-order valence-electron chi connectivity index (χ0n) is 12.1. The van der Waals surface area contributed by atoms with Crippen molar-refractivity contribution in [2.24, 2.45) is 0 Å². The number of carbonyl (C=O) groups excluding carboxylic acids is 1. The molecule has 0 saturated heterocycles. The predicted octanol–water partition coefficient (Wildman–Crippen LogP) is 2.13. The Hall–Kier alpha value is -2.82. The van der Waals surface area contributed by atoms with Gasteiger partial charge in [0.1, 0.15) is 11.8 Å². The number of amides is 1. The van der Waals surface area contributed by atoms with Crippen molar-refractivity contribution in [2.45, 2.75) is 19.4 Å². The molecule has 5 nitrogen and oxygen atoms in total. The molecule has 0 bridgehead atoms. The molecule has 0 aliphatic rings. The fourth-order valence-corrected chi connectivity index (χ4v) is 2.01. The number of phenolic OH excluding ortho intramolecular Hbond substituents is 1. The van der Waals surface area contributed by atoms with Gasteiger partial charge in [0.15, 0.2) is 0 Å². The lowest BCUT2D eigenvalue weighted by Crippen LogP contribution is -2.42. The van der Waals surface area contributed by atoms with Crippen molar-refractivity contribution >= 4 is 11.9 Å². The summed E-state index contributed by atoms with van der Waals surface area (Å²) in [4.78, 5) is 23.4. The molecule has 0 aliphatic carbocycles. The van der Waals surface area contributed by atoms with Gasteiger partial charge >= 0.3 is 5.97 Å². The Kier molecular flexibility index (Phi) is 4.78. The number of benzene rings is 2. The first-order valence-corrected chi connectivity index (χ1v) is 6.84. The second-order valence-corrected chi connectivity index (χ2v) is 5.10. The van der Waals surface area contributed by atoms with E-state index in [1.807, 2.05) is 6.92 Å². The van der Waals surface area contributed by atoms with Crippen molar-refractivity contribution in [1.82, 2.24) is 5.32 Å². The van der Waals surface area contributed by atoms with Crippen molar-refractivity contribution < 1.29 is 19.8 Å². The van der Waals surface area contributed by atoms with Crippen LogP contribution in [0.4, 0.5) is 0 Å². The minimum absolute atomic E-state index is 0.110. The smallest absolute Gasteiger partial charge is 0.326 e. The number of aliphatic carboxylic acids is 1. The van der Waals surface area contributed by atoms with Crippen LogP contribution in [0.2, 0.25) is 0 Å². The summed E-state index contributed by atoms with van der Waals surface area (Å²) in [5, 5.41) is 21.0. The Morgan fingerprint density at radius 2 is 1.64 bits per heavy atom. The molecule has 0 aliphatic heterocycles. The van der Waals surface area contributed by atoms with E-state index in [2.05, 4.69) is 5.32 Å². The molecule has 2 aromatic rings. The van der Waals surface area contributed by atoms with E-state index in [1.165, 1.54) is 12.1 Å². The molecule has 1 atom stereocenters. The van der Waals surface area contributed by atoms with Gasteiger partial charge in [0, 0.05) is 12.0 Å². The molecule has 0 spiro atoms. The average Bonchev–Trinajstić information content (AvgIpc) is 2.49. The van der Waals surface area contributed by atoms with Gasteiger partial charge in [-0.05, 0) is 36.8 Å². The van der Waals surface area contributed by atoms with Gasteiger partial charge in [-0.25, -0.2) is 4.79 Å². The summed E-state index contributed by atoms with van der Waals surface area (Å²) >= 11 is 0. The van der Waals surface area contributed by atoms with Crippen LogP contribution in [0.25, 0.3) is 0 Å². The summed E-state index contributed by atoms with van der Waals surface area (Å²) in [6.07, 6.45) is 0.146. The molecule has 0 aromatic heterocycles. The molecule has 2 aromatic carbocycles. The SMILES string of the molecule is Cc1ccc(C(=O)NC(Cc2ccc(O)cc2)C(=O)O)cc1. The lowest BCUT2D eigenvalue weighted by Gasteiger charge is -2.15. The molecular formula is C17H17NO4. The molecular weight excluding hydrogens is 282 g/mol. The van der Waals surface area contributed by atoms with E-state index in [9.17, 15) is 19.8 Å². The highest BCUT2D eigenvalue weighted by Crippen LogP contribution is 2.12. The highest BCUT2D eigenvalue weighted by atomic mass is 16.4. The number of aromatic hydroxyl groups is 1. The van der Waals surface area contributed by atoms with Crippen LogP contribution in [0.3, 0.4) is 0 Å². The molecule has 22 heavy (non-hydrogen) atoms. The Bertz CT molecular complexity index is 662. The Morgan fingerprint density at radius 3 is 2.18 bits per heavy atom. The van der Waals surface area contributed by atoms with Crippen LogP contribution in [0.15, 0.2) is 48.5 Å². The Labute approximate surface area is 128 Å². The molecule has 3 N–H and O–H groups in total. The van der Waals surface area contributed by atoms with Crippen LogP contribution in [0, 0.1) is 6.92 Å². The first kappa shape index (κ1) is 15.6. The Morgan fingerprint density at radius 1 is 1.05 bits per heavy atom. The average molecular weight is 299 g/mol. The van der Waals surface area contributed by atoms with Crippen molar-refractivity contribution in [2.75, 3.05) is 0 Å². The van der Waals surface area contributed by atoms with Crippen molar-refractivity contribution in [1.29, 1.82) is 0 Å². The standard InChI is InChI=1S/C17H17NO4/c1-11-2-6-13(7-3-11)16(20)18-15(17(21)22)10-12-4-8-14(19)9-5-12/h2-9,15,19H,10H2,1H3,(H,18,20)(H,21,22). The van der Waals surface area contributed by atoms with Gasteiger partial charge in [-0.1, -0.05) is 29.8 Å². The first-order chi connectivity index (χ1) is 10.5. The summed E-state index contributed by atoms with van der Waals surface area (Å²) in [6, 6.07) is 12.1. The van der Waals surface area contributed by atoms with E-state index < -0.39 is 17.9 Å². The normalized spacial score (nSPS) is 11.7. The number of hydrogen-bond donors (Lipinski definition) is 3. The molecule has 5 heteroatoms. The fourth-order valence-electron chi connectivity index (χ4n) is 2.01. The maximum absolute atomic E-state index is 12.1. The van der Waals surface area contributed by atoms with E-state index in [0.717, 1.165) is 11.1 Å². The van der Waals surface area contributed by atoms with Crippen LogP contribution in [-0.2, 0) is 11.2 Å². The van der Waals surface area contributed by atoms with Gasteiger partial charge in [-0.3, -0.25) is 4.79 Å². The minimum atomic E-state index is -1.10. The van der Waals surface area contributed by atoms with Gasteiger partial charge in [0.05, 0.1) is 0 Å². The molecule has 0 saturated carbocycles. The zero-order chi connectivity index (χ0) is 16.1. The van der Waals surface area contributed by atoms with Crippen LogP contribution < -0.4 is 5.32 Å². The largest absolute Gasteiger partial charge is 0.508 e. The number of aryl methyl sites for hydroxylation is 1. The van der Waals surface area contributed by atoms with Gasteiger partial charge in [-0.2, -0.15) is 0 Å². The second-order valence-electron chi connectivity index (χ2n) is 5.10.